The Kier molecular flexibility index (Phi) is 7.85. The van der Waals surface area contributed by atoms with Crippen molar-refractivity contribution >= 4 is 23.2 Å². The fourth-order valence-electron chi connectivity index (χ4n) is 3.97. The molecule has 0 saturated carbocycles. The summed E-state index contributed by atoms with van der Waals surface area (Å²) in [6.07, 6.45) is 0.964. The van der Waals surface area contributed by atoms with Gasteiger partial charge in [-0.1, -0.05) is 78.9 Å². The highest BCUT2D eigenvalue weighted by Crippen LogP contribution is 2.59. The Morgan fingerprint density at radius 2 is 1.07 bits per heavy atom. The van der Waals surface area contributed by atoms with E-state index in [0.29, 0.717) is 6.61 Å². The van der Waals surface area contributed by atoms with Gasteiger partial charge < -0.3 is 21.7 Å². The number of ether oxygens (including phenoxy) is 1. The molecule has 0 spiro atoms. The minimum Gasteiger partial charge on any atom is -1.00 e. The van der Waals surface area contributed by atoms with Crippen molar-refractivity contribution in [2.75, 3.05) is 6.61 Å². The Hall–Kier alpha value is -2.41. The molecule has 30 heavy (non-hydrogen) atoms. The van der Waals surface area contributed by atoms with Gasteiger partial charge in [-0.3, -0.25) is 0 Å². The summed E-state index contributed by atoms with van der Waals surface area (Å²) < 4.78 is 6.15. The van der Waals surface area contributed by atoms with Crippen LogP contribution in [-0.4, -0.2) is 6.61 Å². The lowest BCUT2D eigenvalue weighted by Gasteiger charge is -2.29. The zero-order valence-electron chi connectivity index (χ0n) is 17.1. The van der Waals surface area contributed by atoms with Gasteiger partial charge >= 0.3 is 0 Å². The second kappa shape index (κ2) is 10.6. The van der Waals surface area contributed by atoms with Crippen LogP contribution in [0.3, 0.4) is 0 Å². The summed E-state index contributed by atoms with van der Waals surface area (Å²) in [4.78, 5) is 0. The third-order valence-corrected chi connectivity index (χ3v) is 9.62. The Bertz CT molecular complexity index is 996. The highest BCUT2D eigenvalue weighted by atomic mass is 79.9. The molecule has 0 aliphatic heterocycles. The van der Waals surface area contributed by atoms with Crippen molar-refractivity contribution in [3.8, 4) is 5.75 Å². The molecule has 0 N–H and O–H groups in total. The molecule has 0 radical (unpaired) electrons. The summed E-state index contributed by atoms with van der Waals surface area (Å²) in [7, 11) is -1.97. The van der Waals surface area contributed by atoms with E-state index in [4.69, 9.17) is 4.74 Å². The fraction of sp³-hybridized carbons (Fsp3) is 0.111. The van der Waals surface area contributed by atoms with Crippen LogP contribution in [0.2, 0.25) is 0 Å². The van der Waals surface area contributed by atoms with Gasteiger partial charge in [-0.05, 0) is 48.9 Å². The Morgan fingerprint density at radius 3 is 1.60 bits per heavy atom. The summed E-state index contributed by atoms with van der Waals surface area (Å²) in [5.74, 6) is 0.993. The third-order valence-electron chi connectivity index (χ3n) is 5.23. The van der Waals surface area contributed by atoms with E-state index in [1.165, 1.54) is 21.5 Å². The molecule has 1 nitrogen and oxygen atoms in total. The van der Waals surface area contributed by atoms with Crippen LogP contribution in [0.4, 0.5) is 0 Å². The van der Waals surface area contributed by atoms with Gasteiger partial charge in [0.2, 0.25) is 0 Å². The number of halogens is 1. The number of rotatable bonds is 7. The second-order valence-corrected chi connectivity index (χ2v) is 10.5. The van der Waals surface area contributed by atoms with E-state index in [0.717, 1.165) is 11.9 Å². The molecule has 0 aliphatic rings. The lowest BCUT2D eigenvalue weighted by molar-refractivity contribution is -0.00000622. The lowest BCUT2D eigenvalue weighted by atomic mass is 10.2. The normalized spacial score (nSPS) is 10.8. The SMILES string of the molecule is CCOc1ccccc1[P+](Cc1ccccc1)(c1ccccc1)c1ccccc1.[Br-]. The molecule has 0 bridgehead atoms. The van der Waals surface area contributed by atoms with E-state index in [9.17, 15) is 0 Å². The summed E-state index contributed by atoms with van der Waals surface area (Å²) in [6, 6.07) is 41.4. The summed E-state index contributed by atoms with van der Waals surface area (Å²) in [6.45, 7) is 2.71. The first-order chi connectivity index (χ1) is 14.3. The molecule has 0 amide bonds. The van der Waals surface area contributed by atoms with Crippen LogP contribution in [0.25, 0.3) is 0 Å². The van der Waals surface area contributed by atoms with E-state index >= 15 is 0 Å². The summed E-state index contributed by atoms with van der Waals surface area (Å²) >= 11 is 0. The van der Waals surface area contributed by atoms with Gasteiger partial charge in [-0.15, -0.1) is 0 Å². The van der Waals surface area contributed by atoms with E-state index in [1.807, 2.05) is 0 Å². The predicted molar refractivity (Wildman–Crippen MR) is 126 cm³/mol. The predicted octanol–water partition coefficient (Wildman–Crippen LogP) is 2.58. The zero-order valence-corrected chi connectivity index (χ0v) is 19.6. The third kappa shape index (κ3) is 4.51. The first kappa shape index (κ1) is 22.3. The first-order valence-electron chi connectivity index (χ1n) is 10.1. The van der Waals surface area contributed by atoms with Crippen molar-refractivity contribution in [2.24, 2.45) is 0 Å². The number of hydrogen-bond acceptors (Lipinski definition) is 1. The molecule has 152 valence electrons. The summed E-state index contributed by atoms with van der Waals surface area (Å²) in [5, 5.41) is 4.06. The van der Waals surface area contributed by atoms with E-state index in [-0.39, 0.29) is 17.0 Å². The molecule has 0 aliphatic carbocycles. The second-order valence-electron chi connectivity index (χ2n) is 7.03. The van der Waals surface area contributed by atoms with E-state index < -0.39 is 7.26 Å². The molecule has 0 atom stereocenters. The van der Waals surface area contributed by atoms with Crippen molar-refractivity contribution < 1.29 is 21.7 Å². The number of benzene rings is 4. The molecule has 0 saturated heterocycles. The zero-order chi connectivity index (χ0) is 19.9. The minimum absolute atomic E-state index is 0. The topological polar surface area (TPSA) is 9.23 Å². The monoisotopic (exact) mass is 476 g/mol. The maximum atomic E-state index is 6.15. The van der Waals surface area contributed by atoms with Crippen molar-refractivity contribution in [2.45, 2.75) is 13.1 Å². The van der Waals surface area contributed by atoms with Gasteiger partial charge in [0.05, 0.1) is 12.8 Å². The number of hydrogen-bond donors (Lipinski definition) is 0. The van der Waals surface area contributed by atoms with Crippen LogP contribution in [0.1, 0.15) is 12.5 Å². The van der Waals surface area contributed by atoms with E-state index in [1.54, 1.807) is 0 Å². The maximum absolute atomic E-state index is 6.15. The van der Waals surface area contributed by atoms with Crippen LogP contribution in [0, 0.1) is 0 Å². The molecule has 4 aromatic carbocycles. The molecule has 4 rings (SSSR count). The van der Waals surface area contributed by atoms with Crippen LogP contribution >= 0.6 is 7.26 Å². The molecule has 4 aromatic rings. The number of para-hydroxylation sites is 1. The van der Waals surface area contributed by atoms with Gasteiger partial charge in [0, 0.05) is 0 Å². The molecular weight excluding hydrogens is 451 g/mol. The summed E-state index contributed by atoms with van der Waals surface area (Å²) in [5.41, 5.74) is 1.35. The van der Waals surface area contributed by atoms with Crippen LogP contribution in [0.5, 0.6) is 5.75 Å². The molecule has 0 fully saturated rings. The highest BCUT2D eigenvalue weighted by molar-refractivity contribution is 7.95. The minimum atomic E-state index is -1.97. The molecule has 0 heterocycles. The van der Waals surface area contributed by atoms with Gasteiger partial charge in [-0.25, -0.2) is 0 Å². The van der Waals surface area contributed by atoms with E-state index in [2.05, 4.69) is 122 Å². The van der Waals surface area contributed by atoms with Gasteiger partial charge in [0.15, 0.2) is 5.75 Å². The van der Waals surface area contributed by atoms with Crippen molar-refractivity contribution in [3.05, 3.63) is 121 Å². The van der Waals surface area contributed by atoms with Crippen molar-refractivity contribution in [1.82, 2.24) is 0 Å². The fourth-order valence-corrected chi connectivity index (χ4v) is 8.33. The van der Waals surface area contributed by atoms with Gasteiger partial charge in [-0.2, -0.15) is 0 Å². The average molecular weight is 477 g/mol. The van der Waals surface area contributed by atoms with Crippen molar-refractivity contribution in [1.29, 1.82) is 0 Å². The largest absolute Gasteiger partial charge is 1.00 e. The van der Waals surface area contributed by atoms with Gasteiger partial charge in [0.1, 0.15) is 23.2 Å². The Balaban J connectivity index is 0.00000256. The standard InChI is InChI=1S/C27H26OP.BrH/c1-2-28-26-20-12-13-21-27(26)29(24-16-8-4-9-17-24,25-18-10-5-11-19-25)22-23-14-6-3-7-15-23;/h3-21H,2,22H2,1H3;1H/q+1;/p-1. The van der Waals surface area contributed by atoms with Crippen LogP contribution in [0.15, 0.2) is 115 Å². The maximum Gasteiger partial charge on any atom is 0.162 e. The smallest absolute Gasteiger partial charge is 0.162 e. The Morgan fingerprint density at radius 1 is 0.600 bits per heavy atom. The van der Waals surface area contributed by atoms with Crippen LogP contribution in [-0.2, 0) is 6.16 Å². The van der Waals surface area contributed by atoms with Crippen LogP contribution < -0.4 is 37.6 Å². The Labute approximate surface area is 190 Å². The van der Waals surface area contributed by atoms with Gasteiger partial charge in [0.25, 0.3) is 0 Å². The average Bonchev–Trinajstić information content (AvgIpc) is 2.80. The molecule has 0 aromatic heterocycles. The quantitative estimate of drug-likeness (QED) is 0.372. The highest BCUT2D eigenvalue weighted by Gasteiger charge is 2.47. The molecule has 0 unspecified atom stereocenters. The first-order valence-corrected chi connectivity index (χ1v) is 12.1. The lowest BCUT2D eigenvalue weighted by Crippen LogP contribution is -3.00. The molecular formula is C27H26BrOP. The van der Waals surface area contributed by atoms with Crippen molar-refractivity contribution in [3.63, 3.8) is 0 Å². The molecule has 3 heteroatoms.